The third-order valence-corrected chi connectivity index (χ3v) is 4.19. The van der Waals surface area contributed by atoms with Crippen molar-refractivity contribution in [1.29, 1.82) is 5.26 Å². The number of carbonyl (C=O) groups excluding carboxylic acids is 1. The number of aromatic nitrogens is 1. The summed E-state index contributed by atoms with van der Waals surface area (Å²) in [6.07, 6.45) is 3.48. The Morgan fingerprint density at radius 3 is 2.83 bits per heavy atom. The van der Waals surface area contributed by atoms with E-state index in [1.807, 2.05) is 18.2 Å². The molecule has 0 aliphatic heterocycles. The van der Waals surface area contributed by atoms with Gasteiger partial charge in [0, 0.05) is 40.4 Å². The molecule has 1 aromatic heterocycles. The van der Waals surface area contributed by atoms with Crippen LogP contribution in [0.1, 0.15) is 12.1 Å². The number of nitriles is 1. The van der Waals surface area contributed by atoms with Crippen molar-refractivity contribution in [2.24, 2.45) is 0 Å². The van der Waals surface area contributed by atoms with Crippen LogP contribution in [-0.2, 0) is 17.3 Å². The highest BCUT2D eigenvalue weighted by molar-refractivity contribution is 7.84. The lowest BCUT2D eigenvalue weighted by molar-refractivity contribution is 0.209. The van der Waals surface area contributed by atoms with Crippen molar-refractivity contribution in [1.82, 2.24) is 9.88 Å². The van der Waals surface area contributed by atoms with E-state index in [-0.39, 0.29) is 12.5 Å². The Labute approximate surface area is 143 Å². The fraction of sp³-hybridized carbons (Fsp3) is 0.235. The molecule has 2 amide bonds. The van der Waals surface area contributed by atoms with Gasteiger partial charge in [-0.2, -0.15) is 5.26 Å². The number of pyridine rings is 1. The molecule has 124 valence electrons. The maximum Gasteiger partial charge on any atom is 0.322 e. The first-order chi connectivity index (χ1) is 11.6. The maximum atomic E-state index is 12.5. The number of nitrogens with one attached hydrogen (secondary N) is 1. The zero-order valence-electron chi connectivity index (χ0n) is 13.3. The highest BCUT2D eigenvalue weighted by atomic mass is 32.2. The Morgan fingerprint density at radius 2 is 2.17 bits per heavy atom. The molecule has 0 unspecified atom stereocenters. The Bertz CT molecular complexity index is 759. The molecular formula is C17H18N4O2S. The third kappa shape index (κ3) is 5.18. The van der Waals surface area contributed by atoms with E-state index in [4.69, 9.17) is 5.26 Å². The fourth-order valence-electron chi connectivity index (χ4n) is 2.08. The van der Waals surface area contributed by atoms with E-state index in [0.29, 0.717) is 23.7 Å². The molecule has 24 heavy (non-hydrogen) atoms. The van der Waals surface area contributed by atoms with Crippen LogP contribution in [0, 0.1) is 11.3 Å². The van der Waals surface area contributed by atoms with Crippen LogP contribution in [0.5, 0.6) is 0 Å². The standard InChI is InChI=1S/C17H18N4O2S/c1-24(23)16-8-4-7-14(12-16)20-17(22)21(11-5-9-18)13-15-6-2-3-10-19-15/h2-4,6-8,10,12H,5,11,13H2,1H3,(H,20,22)/t24-/m1/s1. The summed E-state index contributed by atoms with van der Waals surface area (Å²) in [5.41, 5.74) is 1.31. The largest absolute Gasteiger partial charge is 0.322 e. The summed E-state index contributed by atoms with van der Waals surface area (Å²) in [6, 6.07) is 14.1. The van der Waals surface area contributed by atoms with Gasteiger partial charge >= 0.3 is 6.03 Å². The number of rotatable bonds is 6. The summed E-state index contributed by atoms with van der Waals surface area (Å²) < 4.78 is 11.5. The van der Waals surface area contributed by atoms with E-state index < -0.39 is 10.8 Å². The van der Waals surface area contributed by atoms with Gasteiger partial charge in [0.25, 0.3) is 0 Å². The normalized spacial score (nSPS) is 11.3. The molecule has 7 heteroatoms. The zero-order chi connectivity index (χ0) is 17.4. The molecule has 1 atom stereocenters. The van der Waals surface area contributed by atoms with E-state index >= 15 is 0 Å². The maximum absolute atomic E-state index is 12.5. The highest BCUT2D eigenvalue weighted by Crippen LogP contribution is 2.14. The van der Waals surface area contributed by atoms with Crippen LogP contribution in [0.4, 0.5) is 10.5 Å². The second-order valence-electron chi connectivity index (χ2n) is 5.06. The van der Waals surface area contributed by atoms with Crippen molar-refractivity contribution in [2.45, 2.75) is 17.9 Å². The molecular weight excluding hydrogens is 324 g/mol. The third-order valence-electron chi connectivity index (χ3n) is 3.28. The molecule has 2 rings (SSSR count). The zero-order valence-corrected chi connectivity index (χ0v) is 14.1. The lowest BCUT2D eigenvalue weighted by Crippen LogP contribution is -2.35. The Hall–Kier alpha value is -2.72. The first-order valence-electron chi connectivity index (χ1n) is 7.36. The van der Waals surface area contributed by atoms with Crippen molar-refractivity contribution in [2.75, 3.05) is 18.1 Å². The quantitative estimate of drug-likeness (QED) is 0.874. The van der Waals surface area contributed by atoms with E-state index in [1.165, 1.54) is 4.90 Å². The lowest BCUT2D eigenvalue weighted by Gasteiger charge is -2.22. The van der Waals surface area contributed by atoms with Gasteiger partial charge in [-0.25, -0.2) is 4.79 Å². The lowest BCUT2D eigenvalue weighted by atomic mass is 10.3. The molecule has 2 aromatic rings. The van der Waals surface area contributed by atoms with Crippen LogP contribution >= 0.6 is 0 Å². The summed E-state index contributed by atoms with van der Waals surface area (Å²) in [5.74, 6) is 0. The number of benzene rings is 1. The number of nitrogens with zero attached hydrogens (tertiary/aromatic N) is 3. The SMILES string of the molecule is C[S@@](=O)c1cccc(NC(=O)N(CCC#N)Cc2ccccn2)c1. The number of hydrogen-bond donors (Lipinski definition) is 1. The predicted molar refractivity (Wildman–Crippen MR) is 92.7 cm³/mol. The van der Waals surface area contributed by atoms with Gasteiger partial charge in [0.15, 0.2) is 0 Å². The highest BCUT2D eigenvalue weighted by Gasteiger charge is 2.15. The van der Waals surface area contributed by atoms with Gasteiger partial charge in [-0.3, -0.25) is 9.19 Å². The smallest absolute Gasteiger partial charge is 0.318 e. The monoisotopic (exact) mass is 342 g/mol. The summed E-state index contributed by atoms with van der Waals surface area (Å²) in [6.45, 7) is 0.617. The van der Waals surface area contributed by atoms with Gasteiger partial charge in [0.2, 0.25) is 0 Å². The molecule has 0 spiro atoms. The average Bonchev–Trinajstić information content (AvgIpc) is 2.59. The molecule has 1 heterocycles. The van der Waals surface area contributed by atoms with Crippen LogP contribution in [0.15, 0.2) is 53.6 Å². The number of urea groups is 1. The van der Waals surface area contributed by atoms with E-state index in [2.05, 4.69) is 10.3 Å². The van der Waals surface area contributed by atoms with E-state index in [1.54, 1.807) is 42.8 Å². The van der Waals surface area contributed by atoms with Gasteiger partial charge < -0.3 is 10.2 Å². The Balaban J connectivity index is 2.11. The summed E-state index contributed by atoms with van der Waals surface area (Å²) in [7, 11) is -1.12. The number of carbonyl (C=O) groups is 1. The van der Waals surface area contributed by atoms with Crippen molar-refractivity contribution in [3.05, 3.63) is 54.4 Å². The van der Waals surface area contributed by atoms with Gasteiger partial charge in [-0.15, -0.1) is 0 Å². The number of hydrogen-bond acceptors (Lipinski definition) is 4. The molecule has 0 radical (unpaired) electrons. The van der Waals surface area contributed by atoms with Crippen molar-refractivity contribution in [3.8, 4) is 6.07 Å². The topological polar surface area (TPSA) is 86.1 Å². The van der Waals surface area contributed by atoms with E-state index in [0.717, 1.165) is 5.69 Å². The van der Waals surface area contributed by atoms with E-state index in [9.17, 15) is 9.00 Å². The van der Waals surface area contributed by atoms with Crippen LogP contribution in [0.2, 0.25) is 0 Å². The first-order valence-corrected chi connectivity index (χ1v) is 8.92. The number of anilines is 1. The van der Waals surface area contributed by atoms with Gasteiger partial charge in [0.1, 0.15) is 0 Å². The Kier molecular flexibility index (Phi) is 6.46. The molecule has 0 saturated heterocycles. The molecule has 0 fully saturated rings. The van der Waals surface area contributed by atoms with Crippen LogP contribution in [0.3, 0.4) is 0 Å². The molecule has 1 N–H and O–H groups in total. The van der Waals surface area contributed by atoms with Crippen LogP contribution in [0.25, 0.3) is 0 Å². The minimum absolute atomic E-state index is 0.235. The van der Waals surface area contributed by atoms with Crippen LogP contribution in [-0.4, -0.2) is 32.9 Å². The summed E-state index contributed by atoms with van der Waals surface area (Å²) in [5, 5.41) is 11.6. The first kappa shape index (κ1) is 17.6. The van der Waals surface area contributed by atoms with Gasteiger partial charge in [-0.05, 0) is 30.3 Å². The van der Waals surface area contributed by atoms with Crippen LogP contribution < -0.4 is 5.32 Å². The minimum Gasteiger partial charge on any atom is -0.318 e. The van der Waals surface area contributed by atoms with Crippen molar-refractivity contribution in [3.63, 3.8) is 0 Å². The van der Waals surface area contributed by atoms with Crippen molar-refractivity contribution >= 4 is 22.5 Å². The van der Waals surface area contributed by atoms with Gasteiger partial charge in [0.05, 0.1) is 24.7 Å². The van der Waals surface area contributed by atoms with Gasteiger partial charge in [-0.1, -0.05) is 12.1 Å². The summed E-state index contributed by atoms with van der Waals surface area (Å²) in [4.78, 5) is 18.9. The second-order valence-corrected chi connectivity index (χ2v) is 6.44. The Morgan fingerprint density at radius 1 is 1.33 bits per heavy atom. The minimum atomic E-state index is -1.12. The number of amides is 2. The molecule has 0 aliphatic carbocycles. The fourth-order valence-corrected chi connectivity index (χ4v) is 2.64. The second kappa shape index (κ2) is 8.79. The molecule has 0 bridgehead atoms. The average molecular weight is 342 g/mol. The predicted octanol–water partition coefficient (Wildman–Crippen LogP) is 2.77. The molecule has 1 aromatic carbocycles. The van der Waals surface area contributed by atoms with Crippen molar-refractivity contribution < 1.29 is 9.00 Å². The summed E-state index contributed by atoms with van der Waals surface area (Å²) >= 11 is 0. The molecule has 6 nitrogen and oxygen atoms in total. The molecule has 0 aliphatic rings. The molecule has 0 saturated carbocycles.